The van der Waals surface area contributed by atoms with Crippen molar-refractivity contribution in [2.24, 2.45) is 0 Å². The molecule has 2 heteroatoms. The van der Waals surface area contributed by atoms with Crippen molar-refractivity contribution < 1.29 is 0 Å². The Morgan fingerprint density at radius 1 is 1.00 bits per heavy atom. The lowest BCUT2D eigenvalue weighted by molar-refractivity contribution is 0.488. The second kappa shape index (κ2) is 5.63. The second-order valence-corrected chi connectivity index (χ2v) is 7.42. The van der Waals surface area contributed by atoms with E-state index in [0.29, 0.717) is 0 Å². The molecule has 0 amide bonds. The molecule has 0 saturated heterocycles. The Kier molecular flexibility index (Phi) is 3.99. The highest BCUT2D eigenvalue weighted by molar-refractivity contribution is 9.10. The fourth-order valence-electron chi connectivity index (χ4n) is 3.59. The van der Waals surface area contributed by atoms with Gasteiger partial charge < -0.3 is 0 Å². The van der Waals surface area contributed by atoms with Crippen molar-refractivity contribution in [2.75, 3.05) is 0 Å². The van der Waals surface area contributed by atoms with Crippen LogP contribution in [0.2, 0.25) is 0 Å². The minimum atomic E-state index is -0.0538. The maximum atomic E-state index is 5.74. The van der Waals surface area contributed by atoms with Crippen LogP contribution in [0.15, 0.2) is 45.3 Å². The van der Waals surface area contributed by atoms with E-state index in [1.165, 1.54) is 22.3 Å². The van der Waals surface area contributed by atoms with E-state index in [2.05, 4.69) is 81.1 Å². The standard InChI is InChI=1S/C19H16Br2/c1-3-9-19(10-4-2)17-11-13(20)5-7-15(17)16-8-6-14(21)12-18(16)19/h1,5-8,11-12H,4,9-10H2,2H3. The summed E-state index contributed by atoms with van der Waals surface area (Å²) >= 11 is 7.23. The monoisotopic (exact) mass is 402 g/mol. The zero-order chi connectivity index (χ0) is 15.0. The molecule has 0 N–H and O–H groups in total. The third-order valence-corrected chi connectivity index (χ3v) is 5.35. The molecule has 2 aromatic rings. The summed E-state index contributed by atoms with van der Waals surface area (Å²) in [5.74, 6) is 2.93. The second-order valence-electron chi connectivity index (χ2n) is 5.59. The minimum absolute atomic E-state index is 0.0538. The number of hydrogen-bond donors (Lipinski definition) is 0. The van der Waals surface area contributed by atoms with Crippen molar-refractivity contribution in [3.63, 3.8) is 0 Å². The van der Waals surface area contributed by atoms with Crippen molar-refractivity contribution in [3.8, 4) is 23.5 Å². The van der Waals surface area contributed by atoms with Gasteiger partial charge in [0.05, 0.1) is 0 Å². The molecular formula is C19H16Br2. The van der Waals surface area contributed by atoms with Gasteiger partial charge in [-0.15, -0.1) is 12.3 Å². The summed E-state index contributed by atoms with van der Waals surface area (Å²) in [6.07, 6.45) is 8.67. The van der Waals surface area contributed by atoms with Gasteiger partial charge in [-0.3, -0.25) is 0 Å². The molecule has 0 bridgehead atoms. The van der Waals surface area contributed by atoms with Gasteiger partial charge in [-0.25, -0.2) is 0 Å². The Labute approximate surface area is 143 Å². The molecule has 1 aliphatic rings. The third kappa shape index (κ3) is 2.28. The maximum Gasteiger partial charge on any atom is 0.0324 e. The summed E-state index contributed by atoms with van der Waals surface area (Å²) in [5.41, 5.74) is 5.32. The van der Waals surface area contributed by atoms with E-state index in [9.17, 15) is 0 Å². The number of benzene rings is 2. The SMILES string of the molecule is C#CCC1(CCC)c2cc(Br)ccc2-c2ccc(Br)cc21. The highest BCUT2D eigenvalue weighted by Gasteiger charge is 2.42. The molecule has 0 aromatic heterocycles. The van der Waals surface area contributed by atoms with E-state index >= 15 is 0 Å². The van der Waals surface area contributed by atoms with Crippen molar-refractivity contribution in [1.82, 2.24) is 0 Å². The Morgan fingerprint density at radius 3 is 1.95 bits per heavy atom. The molecular weight excluding hydrogens is 388 g/mol. The molecule has 0 heterocycles. The molecule has 0 atom stereocenters. The summed E-state index contributed by atoms with van der Waals surface area (Å²) in [5, 5.41) is 0. The van der Waals surface area contributed by atoms with Crippen LogP contribution >= 0.6 is 31.9 Å². The quantitative estimate of drug-likeness (QED) is 0.527. The summed E-state index contributed by atoms with van der Waals surface area (Å²) in [4.78, 5) is 0. The molecule has 0 aliphatic heterocycles. The van der Waals surface area contributed by atoms with Crippen LogP contribution in [0.25, 0.3) is 11.1 Å². The van der Waals surface area contributed by atoms with Gasteiger partial charge in [-0.2, -0.15) is 0 Å². The highest BCUT2D eigenvalue weighted by Crippen LogP contribution is 2.54. The van der Waals surface area contributed by atoms with Crippen LogP contribution in [0.4, 0.5) is 0 Å². The van der Waals surface area contributed by atoms with Crippen molar-refractivity contribution in [1.29, 1.82) is 0 Å². The van der Waals surface area contributed by atoms with Crippen LogP contribution in [0.3, 0.4) is 0 Å². The molecule has 1 aliphatic carbocycles. The average molecular weight is 404 g/mol. The molecule has 3 rings (SSSR count). The van der Waals surface area contributed by atoms with Gasteiger partial charge in [0.2, 0.25) is 0 Å². The first-order valence-corrected chi connectivity index (χ1v) is 8.75. The fourth-order valence-corrected chi connectivity index (χ4v) is 4.31. The van der Waals surface area contributed by atoms with Gasteiger partial charge in [-0.05, 0) is 52.9 Å². The Balaban J connectivity index is 2.35. The van der Waals surface area contributed by atoms with Gasteiger partial charge in [-0.1, -0.05) is 57.3 Å². The lowest BCUT2D eigenvalue weighted by atomic mass is 9.72. The third-order valence-electron chi connectivity index (χ3n) is 4.37. The number of fused-ring (bicyclic) bond motifs is 3. The molecule has 0 unspecified atom stereocenters. The Hall–Kier alpha value is -1.04. The van der Waals surface area contributed by atoms with Crippen molar-refractivity contribution in [2.45, 2.75) is 31.6 Å². The maximum absolute atomic E-state index is 5.74. The number of halogens is 2. The Morgan fingerprint density at radius 2 is 1.52 bits per heavy atom. The molecule has 0 nitrogen and oxygen atoms in total. The van der Waals surface area contributed by atoms with E-state index < -0.39 is 0 Å². The minimum Gasteiger partial charge on any atom is -0.120 e. The molecule has 0 fully saturated rings. The topological polar surface area (TPSA) is 0 Å². The van der Waals surface area contributed by atoms with Gasteiger partial charge in [0, 0.05) is 20.8 Å². The number of hydrogen-bond acceptors (Lipinski definition) is 0. The number of rotatable bonds is 3. The molecule has 0 spiro atoms. The molecule has 21 heavy (non-hydrogen) atoms. The Bertz CT molecular complexity index is 686. The lowest BCUT2D eigenvalue weighted by Crippen LogP contribution is -2.24. The normalized spacial score (nSPS) is 14.4. The van der Waals surface area contributed by atoms with Gasteiger partial charge >= 0.3 is 0 Å². The summed E-state index contributed by atoms with van der Waals surface area (Å²) < 4.78 is 2.23. The van der Waals surface area contributed by atoms with E-state index in [4.69, 9.17) is 6.42 Å². The van der Waals surface area contributed by atoms with Gasteiger partial charge in [0.1, 0.15) is 0 Å². The smallest absolute Gasteiger partial charge is 0.0324 e. The zero-order valence-electron chi connectivity index (χ0n) is 11.9. The predicted molar refractivity (Wildman–Crippen MR) is 96.4 cm³/mol. The van der Waals surface area contributed by atoms with Crippen LogP contribution in [-0.2, 0) is 5.41 Å². The predicted octanol–water partition coefficient (Wildman–Crippen LogP) is 6.30. The van der Waals surface area contributed by atoms with Gasteiger partial charge in [0.15, 0.2) is 0 Å². The lowest BCUT2D eigenvalue weighted by Gasteiger charge is -2.30. The summed E-state index contributed by atoms with van der Waals surface area (Å²) in [6.45, 7) is 2.23. The first-order chi connectivity index (χ1) is 10.1. The molecule has 0 saturated carbocycles. The van der Waals surface area contributed by atoms with Crippen LogP contribution in [0, 0.1) is 12.3 Å². The first kappa shape index (κ1) is 14.9. The van der Waals surface area contributed by atoms with Crippen LogP contribution in [0.5, 0.6) is 0 Å². The van der Waals surface area contributed by atoms with E-state index in [-0.39, 0.29) is 5.41 Å². The van der Waals surface area contributed by atoms with E-state index in [1.54, 1.807) is 0 Å². The molecule has 2 aromatic carbocycles. The van der Waals surface area contributed by atoms with Crippen molar-refractivity contribution in [3.05, 3.63) is 56.5 Å². The van der Waals surface area contributed by atoms with Crippen molar-refractivity contribution >= 4 is 31.9 Å². The summed E-state index contributed by atoms with van der Waals surface area (Å²) in [6, 6.07) is 13.1. The average Bonchev–Trinajstić information content (AvgIpc) is 2.70. The largest absolute Gasteiger partial charge is 0.120 e. The summed E-state index contributed by atoms with van der Waals surface area (Å²) in [7, 11) is 0. The highest BCUT2D eigenvalue weighted by atomic mass is 79.9. The fraction of sp³-hybridized carbons (Fsp3) is 0.263. The first-order valence-electron chi connectivity index (χ1n) is 7.16. The van der Waals surface area contributed by atoms with E-state index in [0.717, 1.165) is 28.2 Å². The molecule has 106 valence electrons. The molecule has 0 radical (unpaired) electrons. The number of terminal acetylenes is 1. The zero-order valence-corrected chi connectivity index (χ0v) is 15.1. The van der Waals surface area contributed by atoms with Crippen LogP contribution in [0.1, 0.15) is 37.3 Å². The van der Waals surface area contributed by atoms with Crippen LogP contribution < -0.4 is 0 Å². The van der Waals surface area contributed by atoms with Gasteiger partial charge in [0.25, 0.3) is 0 Å². The van der Waals surface area contributed by atoms with E-state index in [1.807, 2.05) is 0 Å². The van der Waals surface area contributed by atoms with Crippen LogP contribution in [-0.4, -0.2) is 0 Å².